The largest absolute Gasteiger partial charge is 0.480 e. The Bertz CT molecular complexity index is 1800. The van der Waals surface area contributed by atoms with Crippen LogP contribution < -0.4 is 16.0 Å². The van der Waals surface area contributed by atoms with E-state index in [2.05, 4.69) is 25.9 Å². The molecule has 0 saturated heterocycles. The van der Waals surface area contributed by atoms with E-state index in [0.29, 0.717) is 18.8 Å². The predicted molar refractivity (Wildman–Crippen MR) is 179 cm³/mol. The molecular weight excluding hydrogens is 612 g/mol. The zero-order valence-corrected chi connectivity index (χ0v) is 26.1. The first kappa shape index (κ1) is 33.2. The number of fused-ring (bicyclic) bond motifs is 1. The second-order valence-corrected chi connectivity index (χ2v) is 11.0. The van der Waals surface area contributed by atoms with Gasteiger partial charge in [-0.3, -0.25) is 4.79 Å². The number of benzene rings is 4. The number of H-pyrrole nitrogens is 1. The number of urea groups is 1. The number of hydrogen-bond acceptors (Lipinski definition) is 6. The maximum absolute atomic E-state index is 13.3. The molecule has 0 radical (unpaired) electrons. The molecule has 0 unspecified atom stereocenters. The number of rotatable bonds is 14. The number of carboxylic acid groups (broad SMARTS) is 1. The average molecular weight is 649 g/mol. The summed E-state index contributed by atoms with van der Waals surface area (Å²) in [6.45, 7) is 0.542. The lowest BCUT2D eigenvalue weighted by molar-refractivity contribution is -0.139. The van der Waals surface area contributed by atoms with Gasteiger partial charge in [0.15, 0.2) is 0 Å². The molecule has 0 bridgehead atoms. The molecule has 12 nitrogen and oxygen atoms in total. The van der Waals surface area contributed by atoms with Crippen molar-refractivity contribution in [2.45, 2.75) is 32.2 Å². The van der Waals surface area contributed by atoms with Crippen molar-refractivity contribution >= 4 is 35.0 Å². The summed E-state index contributed by atoms with van der Waals surface area (Å²) < 4.78 is 5.09. The van der Waals surface area contributed by atoms with Gasteiger partial charge in [0, 0.05) is 25.2 Å². The number of para-hydroxylation sites is 2. The standard InChI is InChI=1S/C36H36N6O6/c43-33(38-21-31(34(44)45)41-36(47)48-24-27-11-5-2-6-12-27)28-17-15-26(16-18-28)22-42(23-32-39-29-13-7-8-14-30(29)40-32)35(46)37-20-19-25-9-3-1-4-10-25/h1-18,31H,19-24H2,(H,37,46)(H,38,43)(H,39,40)(H,41,47)(H,44,45)/t31-/m0/s1. The van der Waals surface area contributed by atoms with Gasteiger partial charge in [-0.05, 0) is 47.4 Å². The van der Waals surface area contributed by atoms with Crippen LogP contribution in [-0.2, 0) is 35.6 Å². The fourth-order valence-electron chi connectivity index (χ4n) is 4.92. The molecule has 4 amide bonds. The highest BCUT2D eigenvalue weighted by atomic mass is 16.5. The first-order valence-electron chi connectivity index (χ1n) is 15.4. The van der Waals surface area contributed by atoms with Crippen molar-refractivity contribution in [1.29, 1.82) is 0 Å². The predicted octanol–water partition coefficient (Wildman–Crippen LogP) is 4.63. The van der Waals surface area contributed by atoms with Crippen LogP contribution in [0.25, 0.3) is 11.0 Å². The lowest BCUT2D eigenvalue weighted by atomic mass is 10.1. The topological polar surface area (TPSA) is 166 Å². The Kier molecular flexibility index (Phi) is 11.3. The molecule has 12 heteroatoms. The molecular formula is C36H36N6O6. The van der Waals surface area contributed by atoms with E-state index in [0.717, 1.165) is 27.7 Å². The number of carbonyl (C=O) groups excluding carboxylic acids is 3. The lowest BCUT2D eigenvalue weighted by Gasteiger charge is -2.22. The zero-order chi connectivity index (χ0) is 33.7. The van der Waals surface area contributed by atoms with Crippen LogP contribution in [0.15, 0.2) is 109 Å². The van der Waals surface area contributed by atoms with Crippen LogP contribution in [0, 0.1) is 0 Å². The highest BCUT2D eigenvalue weighted by Crippen LogP contribution is 2.15. The van der Waals surface area contributed by atoms with E-state index in [1.807, 2.05) is 60.7 Å². The summed E-state index contributed by atoms with van der Waals surface area (Å²) >= 11 is 0. The van der Waals surface area contributed by atoms with Gasteiger partial charge in [0.05, 0.1) is 17.6 Å². The van der Waals surface area contributed by atoms with E-state index in [-0.39, 0.29) is 37.8 Å². The molecule has 0 fully saturated rings. The third kappa shape index (κ3) is 9.66. The Morgan fingerprint density at radius 1 is 0.771 bits per heavy atom. The summed E-state index contributed by atoms with van der Waals surface area (Å²) in [6, 6.07) is 31.5. The summed E-state index contributed by atoms with van der Waals surface area (Å²) in [5.74, 6) is -1.21. The van der Waals surface area contributed by atoms with Gasteiger partial charge in [-0.25, -0.2) is 19.4 Å². The monoisotopic (exact) mass is 648 g/mol. The number of nitrogens with one attached hydrogen (secondary N) is 4. The van der Waals surface area contributed by atoms with E-state index < -0.39 is 24.0 Å². The minimum Gasteiger partial charge on any atom is -0.480 e. The molecule has 1 atom stereocenters. The van der Waals surface area contributed by atoms with Gasteiger partial charge in [-0.2, -0.15) is 0 Å². The van der Waals surface area contributed by atoms with E-state index in [1.54, 1.807) is 53.4 Å². The Morgan fingerprint density at radius 2 is 1.44 bits per heavy atom. The minimum atomic E-state index is -1.40. The Balaban J connectivity index is 1.17. The molecule has 5 rings (SSSR count). The molecule has 5 aromatic rings. The Hall–Kier alpha value is -6.17. The fraction of sp³-hybridized carbons (Fsp3) is 0.194. The van der Waals surface area contributed by atoms with Crippen LogP contribution in [0.1, 0.15) is 32.9 Å². The van der Waals surface area contributed by atoms with E-state index in [4.69, 9.17) is 4.74 Å². The number of carboxylic acids is 1. The van der Waals surface area contributed by atoms with Crippen LogP contribution in [0.3, 0.4) is 0 Å². The van der Waals surface area contributed by atoms with Gasteiger partial charge < -0.3 is 35.7 Å². The number of alkyl carbamates (subject to hydrolysis) is 1. The van der Waals surface area contributed by atoms with Crippen molar-refractivity contribution < 1.29 is 29.0 Å². The molecule has 1 aromatic heterocycles. The molecule has 5 N–H and O–H groups in total. The highest BCUT2D eigenvalue weighted by Gasteiger charge is 2.22. The summed E-state index contributed by atoms with van der Waals surface area (Å²) in [6.07, 6.45) is -0.233. The average Bonchev–Trinajstić information content (AvgIpc) is 3.52. The number of imidazole rings is 1. The molecule has 4 aromatic carbocycles. The molecule has 0 saturated carbocycles. The zero-order valence-electron chi connectivity index (χ0n) is 26.1. The molecule has 0 aliphatic heterocycles. The number of aliphatic carboxylic acids is 1. The molecule has 0 spiro atoms. The number of nitrogens with zero attached hydrogens (tertiary/aromatic N) is 2. The van der Waals surface area contributed by atoms with Gasteiger partial charge in [0.2, 0.25) is 0 Å². The third-order valence-corrected chi connectivity index (χ3v) is 7.46. The lowest BCUT2D eigenvalue weighted by Crippen LogP contribution is -2.48. The van der Waals surface area contributed by atoms with Gasteiger partial charge in [-0.1, -0.05) is 84.9 Å². The summed E-state index contributed by atoms with van der Waals surface area (Å²) in [5.41, 5.74) is 4.59. The first-order chi connectivity index (χ1) is 23.3. The Labute approximate surface area is 277 Å². The van der Waals surface area contributed by atoms with E-state index in [9.17, 15) is 24.3 Å². The molecule has 0 aliphatic carbocycles. The quantitative estimate of drug-likeness (QED) is 0.117. The van der Waals surface area contributed by atoms with Crippen molar-refractivity contribution in [3.8, 4) is 0 Å². The minimum absolute atomic E-state index is 0.0250. The van der Waals surface area contributed by atoms with Crippen molar-refractivity contribution in [3.63, 3.8) is 0 Å². The molecule has 0 aliphatic rings. The molecule has 246 valence electrons. The maximum atomic E-state index is 13.3. The number of carbonyl (C=O) groups is 4. The van der Waals surface area contributed by atoms with E-state index >= 15 is 0 Å². The first-order valence-corrected chi connectivity index (χ1v) is 15.4. The third-order valence-electron chi connectivity index (χ3n) is 7.46. The van der Waals surface area contributed by atoms with Crippen LogP contribution in [0.5, 0.6) is 0 Å². The molecule has 48 heavy (non-hydrogen) atoms. The fourth-order valence-corrected chi connectivity index (χ4v) is 4.92. The normalized spacial score (nSPS) is 11.3. The van der Waals surface area contributed by atoms with E-state index in [1.165, 1.54) is 0 Å². The number of ether oxygens (including phenoxy) is 1. The van der Waals surface area contributed by atoms with Gasteiger partial charge >= 0.3 is 18.1 Å². The second kappa shape index (κ2) is 16.4. The van der Waals surface area contributed by atoms with Crippen molar-refractivity contribution in [2.24, 2.45) is 0 Å². The maximum Gasteiger partial charge on any atom is 0.408 e. The van der Waals surface area contributed by atoms with Crippen LogP contribution in [0.2, 0.25) is 0 Å². The SMILES string of the molecule is O=C(N[C@@H](CNC(=O)c1ccc(CN(Cc2nc3ccccc3[nH]2)C(=O)NCCc2ccccc2)cc1)C(=O)O)OCc1ccccc1. The summed E-state index contributed by atoms with van der Waals surface area (Å²) in [4.78, 5) is 59.6. The van der Waals surface area contributed by atoms with Gasteiger partial charge in [-0.15, -0.1) is 0 Å². The number of amides is 4. The second-order valence-electron chi connectivity index (χ2n) is 11.0. The van der Waals surface area contributed by atoms with Gasteiger partial charge in [0.1, 0.15) is 18.5 Å². The van der Waals surface area contributed by atoms with Crippen molar-refractivity contribution in [3.05, 3.63) is 137 Å². The van der Waals surface area contributed by atoms with Crippen LogP contribution in [0.4, 0.5) is 9.59 Å². The highest BCUT2D eigenvalue weighted by molar-refractivity contribution is 5.94. The number of hydrogen-bond donors (Lipinski definition) is 5. The Morgan fingerprint density at radius 3 is 2.12 bits per heavy atom. The van der Waals surface area contributed by atoms with Crippen LogP contribution in [-0.4, -0.2) is 63.1 Å². The smallest absolute Gasteiger partial charge is 0.408 e. The summed E-state index contributed by atoms with van der Waals surface area (Å²) in [5, 5.41) is 17.3. The number of aromatic nitrogens is 2. The van der Waals surface area contributed by atoms with Crippen molar-refractivity contribution in [1.82, 2.24) is 30.8 Å². The molecule has 1 heterocycles. The van der Waals surface area contributed by atoms with Gasteiger partial charge in [0.25, 0.3) is 5.91 Å². The van der Waals surface area contributed by atoms with Crippen molar-refractivity contribution in [2.75, 3.05) is 13.1 Å². The van der Waals surface area contributed by atoms with Crippen LogP contribution >= 0.6 is 0 Å². The summed E-state index contributed by atoms with van der Waals surface area (Å²) in [7, 11) is 0. The number of aromatic amines is 1.